The van der Waals surface area contributed by atoms with Crippen LogP contribution in [0.4, 0.5) is 0 Å². The van der Waals surface area contributed by atoms with E-state index in [9.17, 15) is 9.59 Å². The number of hydrogen-bond donors (Lipinski definition) is 0. The molecule has 1 heterocycles. The average Bonchev–Trinajstić information content (AvgIpc) is 2.20. The smallest absolute Gasteiger partial charge is 0.203 e. The molecule has 0 atom stereocenters. The highest BCUT2D eigenvalue weighted by Gasteiger charge is 2.07. The van der Waals surface area contributed by atoms with Crippen LogP contribution in [0, 0.1) is 0 Å². The normalized spacial score (nSPS) is 10.4. The van der Waals surface area contributed by atoms with Gasteiger partial charge in [-0.1, -0.05) is 17.7 Å². The van der Waals surface area contributed by atoms with Gasteiger partial charge >= 0.3 is 0 Å². The molecule has 0 aliphatic carbocycles. The Morgan fingerprint density at radius 1 is 1.36 bits per heavy atom. The highest BCUT2D eigenvalue weighted by molar-refractivity contribution is 6.34. The van der Waals surface area contributed by atoms with Crippen LogP contribution in [0.25, 0.3) is 11.0 Å². The van der Waals surface area contributed by atoms with Gasteiger partial charge < -0.3 is 4.42 Å². The monoisotopic (exact) mass is 208 g/mol. The van der Waals surface area contributed by atoms with Crippen LogP contribution in [0.5, 0.6) is 0 Å². The van der Waals surface area contributed by atoms with Crippen LogP contribution >= 0.6 is 11.6 Å². The second-order valence-electron chi connectivity index (χ2n) is 2.75. The molecular weight excluding hydrogens is 204 g/mol. The molecule has 1 aromatic carbocycles. The Morgan fingerprint density at radius 3 is 2.86 bits per heavy atom. The summed E-state index contributed by atoms with van der Waals surface area (Å²) in [5.41, 5.74) is -0.0479. The molecule has 0 spiro atoms. The van der Waals surface area contributed by atoms with Gasteiger partial charge in [-0.25, -0.2) is 0 Å². The van der Waals surface area contributed by atoms with E-state index in [0.717, 1.165) is 6.26 Å². The van der Waals surface area contributed by atoms with Gasteiger partial charge in [0.05, 0.1) is 16.0 Å². The summed E-state index contributed by atoms with van der Waals surface area (Å²) in [6.07, 6.45) is 1.58. The zero-order valence-electron chi connectivity index (χ0n) is 6.99. The summed E-state index contributed by atoms with van der Waals surface area (Å²) in [5, 5.41) is 0.680. The number of fused-ring (bicyclic) bond motifs is 1. The van der Waals surface area contributed by atoms with E-state index in [0.29, 0.717) is 22.3 Å². The van der Waals surface area contributed by atoms with E-state index in [1.165, 1.54) is 0 Å². The third kappa shape index (κ3) is 1.22. The summed E-state index contributed by atoms with van der Waals surface area (Å²) in [6, 6.07) is 4.82. The molecule has 70 valence electrons. The van der Waals surface area contributed by atoms with Gasteiger partial charge in [-0.15, -0.1) is 0 Å². The molecule has 1 aromatic heterocycles. The Hall–Kier alpha value is -1.61. The fraction of sp³-hybridized carbons (Fsp3) is 0. The molecule has 4 heteroatoms. The van der Waals surface area contributed by atoms with Gasteiger partial charge in [-0.2, -0.15) is 0 Å². The number of rotatable bonds is 1. The first-order valence-electron chi connectivity index (χ1n) is 3.89. The topological polar surface area (TPSA) is 47.3 Å². The van der Waals surface area contributed by atoms with E-state index in [1.807, 2.05) is 0 Å². The van der Waals surface area contributed by atoms with Crippen molar-refractivity contribution in [3.05, 3.63) is 45.3 Å². The van der Waals surface area contributed by atoms with Gasteiger partial charge in [-0.3, -0.25) is 9.59 Å². The summed E-state index contributed by atoms with van der Waals surface area (Å²) in [6.45, 7) is 0. The lowest BCUT2D eigenvalue weighted by Crippen LogP contribution is -2.07. The predicted octanol–water partition coefficient (Wildman–Crippen LogP) is 2.26. The summed E-state index contributed by atoms with van der Waals surface area (Å²) >= 11 is 5.80. The van der Waals surface area contributed by atoms with Crippen molar-refractivity contribution in [2.24, 2.45) is 0 Å². The van der Waals surface area contributed by atoms with Crippen LogP contribution in [0.15, 0.2) is 33.7 Å². The highest BCUT2D eigenvalue weighted by Crippen LogP contribution is 2.20. The highest BCUT2D eigenvalue weighted by atomic mass is 35.5. The van der Waals surface area contributed by atoms with Crippen molar-refractivity contribution < 1.29 is 9.21 Å². The van der Waals surface area contributed by atoms with Gasteiger partial charge in [0.25, 0.3) is 0 Å². The minimum atomic E-state index is -0.358. The van der Waals surface area contributed by atoms with Crippen LogP contribution in [-0.4, -0.2) is 6.29 Å². The SMILES string of the molecule is O=Cc1coc2c(Cl)cccc2c1=O. The first-order valence-corrected chi connectivity index (χ1v) is 4.27. The summed E-state index contributed by atoms with van der Waals surface area (Å²) in [7, 11) is 0. The molecule has 0 radical (unpaired) electrons. The lowest BCUT2D eigenvalue weighted by atomic mass is 10.2. The van der Waals surface area contributed by atoms with Crippen molar-refractivity contribution in [1.82, 2.24) is 0 Å². The van der Waals surface area contributed by atoms with Gasteiger partial charge in [-0.05, 0) is 12.1 Å². The van der Waals surface area contributed by atoms with Crippen molar-refractivity contribution in [3.63, 3.8) is 0 Å². The van der Waals surface area contributed by atoms with E-state index in [2.05, 4.69) is 0 Å². The number of para-hydroxylation sites is 1. The van der Waals surface area contributed by atoms with E-state index in [-0.39, 0.29) is 11.0 Å². The molecule has 3 nitrogen and oxygen atoms in total. The van der Waals surface area contributed by atoms with Crippen molar-refractivity contribution >= 4 is 28.9 Å². The second-order valence-corrected chi connectivity index (χ2v) is 3.16. The third-order valence-electron chi connectivity index (χ3n) is 1.90. The van der Waals surface area contributed by atoms with Gasteiger partial charge in [0.15, 0.2) is 11.9 Å². The van der Waals surface area contributed by atoms with Gasteiger partial charge in [0, 0.05) is 0 Å². The maximum Gasteiger partial charge on any atom is 0.203 e. The molecule has 2 rings (SSSR count). The number of aldehydes is 1. The second kappa shape index (κ2) is 3.27. The number of halogens is 1. The number of carbonyl (C=O) groups is 1. The molecule has 0 N–H and O–H groups in total. The van der Waals surface area contributed by atoms with Crippen LogP contribution < -0.4 is 5.43 Å². The number of carbonyl (C=O) groups excluding carboxylic acids is 1. The Balaban J connectivity index is 2.98. The summed E-state index contributed by atoms with van der Waals surface area (Å²) in [4.78, 5) is 22.0. The number of hydrogen-bond acceptors (Lipinski definition) is 3. The zero-order chi connectivity index (χ0) is 10.1. The molecule has 0 saturated heterocycles. The fourth-order valence-corrected chi connectivity index (χ4v) is 1.44. The minimum Gasteiger partial charge on any atom is -0.462 e. The molecule has 0 aliphatic heterocycles. The van der Waals surface area contributed by atoms with Crippen LogP contribution in [0.2, 0.25) is 5.02 Å². The lowest BCUT2D eigenvalue weighted by Gasteiger charge is -1.98. The fourth-order valence-electron chi connectivity index (χ4n) is 1.22. The molecule has 2 aromatic rings. The Bertz CT molecular complexity index is 557. The molecule has 0 unspecified atom stereocenters. The van der Waals surface area contributed by atoms with Crippen molar-refractivity contribution in [1.29, 1.82) is 0 Å². The molecule has 0 fully saturated rings. The van der Waals surface area contributed by atoms with Crippen LogP contribution in [0.3, 0.4) is 0 Å². The summed E-state index contributed by atoms with van der Waals surface area (Å²) < 4.78 is 5.08. The zero-order valence-corrected chi connectivity index (χ0v) is 7.75. The molecular formula is C10H5ClO3. The molecule has 0 saturated carbocycles. The Labute approximate surface area is 83.9 Å². The van der Waals surface area contributed by atoms with E-state index in [4.69, 9.17) is 16.0 Å². The third-order valence-corrected chi connectivity index (χ3v) is 2.20. The van der Waals surface area contributed by atoms with Gasteiger partial charge in [0.1, 0.15) is 6.26 Å². The summed E-state index contributed by atoms with van der Waals surface area (Å²) in [5.74, 6) is 0. The Kier molecular flexibility index (Phi) is 2.09. The van der Waals surface area contributed by atoms with Crippen molar-refractivity contribution in [3.8, 4) is 0 Å². The first kappa shape index (κ1) is 8.97. The Morgan fingerprint density at radius 2 is 2.14 bits per heavy atom. The van der Waals surface area contributed by atoms with Crippen LogP contribution in [-0.2, 0) is 0 Å². The van der Waals surface area contributed by atoms with E-state index in [1.54, 1.807) is 18.2 Å². The van der Waals surface area contributed by atoms with Crippen molar-refractivity contribution in [2.45, 2.75) is 0 Å². The average molecular weight is 209 g/mol. The maximum absolute atomic E-state index is 11.6. The lowest BCUT2D eigenvalue weighted by molar-refractivity contribution is 0.112. The van der Waals surface area contributed by atoms with E-state index >= 15 is 0 Å². The number of benzene rings is 1. The molecule has 14 heavy (non-hydrogen) atoms. The molecule has 0 aliphatic rings. The van der Waals surface area contributed by atoms with E-state index < -0.39 is 0 Å². The standard InChI is InChI=1S/C10H5ClO3/c11-8-3-1-2-7-9(13)6(4-12)5-14-10(7)8/h1-5H. The first-order chi connectivity index (χ1) is 6.74. The largest absolute Gasteiger partial charge is 0.462 e. The predicted molar refractivity (Wildman–Crippen MR) is 52.9 cm³/mol. The minimum absolute atomic E-state index is 0.000216. The van der Waals surface area contributed by atoms with Crippen molar-refractivity contribution in [2.75, 3.05) is 0 Å². The quantitative estimate of drug-likeness (QED) is 0.676. The maximum atomic E-state index is 11.6. The van der Waals surface area contributed by atoms with Crippen LogP contribution in [0.1, 0.15) is 10.4 Å². The molecule has 0 bridgehead atoms. The molecule has 0 amide bonds. The van der Waals surface area contributed by atoms with Gasteiger partial charge in [0.2, 0.25) is 5.43 Å².